The predicted octanol–water partition coefficient (Wildman–Crippen LogP) is 6.72. The molecule has 3 aromatic carbocycles. The molecule has 0 atom stereocenters. The van der Waals surface area contributed by atoms with Crippen LogP contribution in [0.4, 0.5) is 0 Å². The summed E-state index contributed by atoms with van der Waals surface area (Å²) in [5.41, 5.74) is 6.24. The highest BCUT2D eigenvalue weighted by molar-refractivity contribution is 5.96. The molecule has 0 aliphatic heterocycles. The number of carboxylic acids is 1. The average Bonchev–Trinajstić information content (AvgIpc) is 3.64. The van der Waals surface area contributed by atoms with Crippen LogP contribution in [0.1, 0.15) is 66.3 Å². The van der Waals surface area contributed by atoms with E-state index in [-0.39, 0.29) is 5.48 Å². The molecule has 8 heteroatoms. The maximum absolute atomic E-state index is 11.7. The van der Waals surface area contributed by atoms with Gasteiger partial charge in [0.1, 0.15) is 17.1 Å². The van der Waals surface area contributed by atoms with Crippen molar-refractivity contribution in [2.45, 2.75) is 65.5 Å². The summed E-state index contributed by atoms with van der Waals surface area (Å²) in [6.07, 6.45) is 11.9. The quantitative estimate of drug-likeness (QED) is 0.149. The smallest absolute Gasteiger partial charge is 0.336 e. The Balaban J connectivity index is 0.00000405. The van der Waals surface area contributed by atoms with E-state index in [9.17, 15) is 9.90 Å². The van der Waals surface area contributed by atoms with Crippen LogP contribution in [0.2, 0.25) is 0 Å². The topological polar surface area (TPSA) is 114 Å². The van der Waals surface area contributed by atoms with Gasteiger partial charge in [-0.1, -0.05) is 61.9 Å². The summed E-state index contributed by atoms with van der Waals surface area (Å²) >= 11 is 0. The molecule has 42 heavy (non-hydrogen) atoms. The molecule has 0 aliphatic carbocycles. The zero-order chi connectivity index (χ0) is 28.6. The number of nitrogens with zero attached hydrogens (tertiary/aromatic N) is 4. The zero-order valence-electron chi connectivity index (χ0n) is 24.4. The zero-order valence-corrected chi connectivity index (χ0v) is 24.4. The molecule has 5 rings (SSSR count). The Labute approximate surface area is 246 Å². The first-order valence-electron chi connectivity index (χ1n) is 14.5. The van der Waals surface area contributed by atoms with Gasteiger partial charge in [-0.2, -0.15) is 0 Å². The van der Waals surface area contributed by atoms with E-state index >= 15 is 0 Å². The molecule has 5 aromatic rings. The highest BCUT2D eigenvalue weighted by atomic mass is 16.5. The first kappa shape index (κ1) is 30.5. The lowest BCUT2D eigenvalue weighted by Crippen LogP contribution is -2.07. The van der Waals surface area contributed by atoms with Crippen molar-refractivity contribution in [3.8, 4) is 16.9 Å². The minimum Gasteiger partial charge on any atom is -0.491 e. The summed E-state index contributed by atoms with van der Waals surface area (Å²) in [4.78, 5) is 20.9. The third-order valence-corrected chi connectivity index (χ3v) is 7.53. The van der Waals surface area contributed by atoms with Crippen molar-refractivity contribution in [3.63, 3.8) is 0 Å². The standard InChI is InChI=1S/C34H38N4O3.H2O/c1-3-4-12-31-36-32-25(2)13-18-30(41-22-9-5-8-20-37-21-19-35-24-37)33(32)38(31)23-26-14-16-27(17-15-26)28-10-6-7-11-29(28)34(39)40;/h6-7,10-11,13-19,21,24H,3-5,8-9,12,20,22-23H2,1-2H3,(H,39,40);1H2. The van der Waals surface area contributed by atoms with Gasteiger partial charge >= 0.3 is 5.97 Å². The number of hydrogen-bond acceptors (Lipinski definition) is 4. The van der Waals surface area contributed by atoms with Gasteiger partial charge in [-0.25, -0.2) is 14.8 Å². The van der Waals surface area contributed by atoms with E-state index in [1.165, 1.54) is 0 Å². The summed E-state index contributed by atoms with van der Waals surface area (Å²) in [6, 6.07) is 19.5. The number of carboxylic acid groups (broad SMARTS) is 1. The van der Waals surface area contributed by atoms with Crippen molar-refractivity contribution in [1.29, 1.82) is 0 Å². The molecule has 0 unspecified atom stereocenters. The summed E-state index contributed by atoms with van der Waals surface area (Å²) in [6.45, 7) is 6.62. The van der Waals surface area contributed by atoms with Gasteiger partial charge in [0.25, 0.3) is 0 Å². The summed E-state index contributed by atoms with van der Waals surface area (Å²) in [7, 11) is 0. The average molecular weight is 569 g/mol. The molecule has 0 fully saturated rings. The number of fused-ring (bicyclic) bond motifs is 1. The van der Waals surface area contributed by atoms with E-state index in [1.807, 2.05) is 43.0 Å². The fraction of sp³-hybridized carbons (Fsp3) is 0.324. The lowest BCUT2D eigenvalue weighted by atomic mass is 9.98. The van der Waals surface area contributed by atoms with Crippen LogP contribution in [0, 0.1) is 6.92 Å². The molecule has 3 N–H and O–H groups in total. The number of hydrogen-bond donors (Lipinski definition) is 1. The molecule has 8 nitrogen and oxygen atoms in total. The molecule has 0 radical (unpaired) electrons. The van der Waals surface area contributed by atoms with Crippen LogP contribution >= 0.6 is 0 Å². The van der Waals surface area contributed by atoms with Gasteiger partial charge < -0.3 is 24.5 Å². The second-order valence-electron chi connectivity index (χ2n) is 10.6. The molecule has 2 heterocycles. The second-order valence-corrected chi connectivity index (χ2v) is 10.6. The van der Waals surface area contributed by atoms with Crippen LogP contribution < -0.4 is 4.74 Å². The monoisotopic (exact) mass is 568 g/mol. The molecule has 0 amide bonds. The number of unbranched alkanes of at least 4 members (excludes halogenated alkanes) is 3. The molecule has 0 bridgehead atoms. The lowest BCUT2D eigenvalue weighted by molar-refractivity contribution is 0.0697. The minimum absolute atomic E-state index is 0. The molecular formula is C34H40N4O4. The van der Waals surface area contributed by atoms with Gasteiger partial charge in [0, 0.05) is 31.9 Å². The Morgan fingerprint density at radius 2 is 1.79 bits per heavy atom. The van der Waals surface area contributed by atoms with Crippen molar-refractivity contribution < 1.29 is 20.1 Å². The Bertz CT molecular complexity index is 1590. The third kappa shape index (κ3) is 7.06. The first-order chi connectivity index (χ1) is 20.0. The molecule has 0 saturated heterocycles. The molecule has 220 valence electrons. The Hall–Kier alpha value is -4.43. The van der Waals surface area contributed by atoms with Crippen molar-refractivity contribution in [2.75, 3.05) is 6.61 Å². The van der Waals surface area contributed by atoms with E-state index in [0.29, 0.717) is 18.7 Å². The van der Waals surface area contributed by atoms with Gasteiger partial charge in [0.05, 0.1) is 24.0 Å². The van der Waals surface area contributed by atoms with Crippen LogP contribution in [0.25, 0.3) is 22.2 Å². The van der Waals surface area contributed by atoms with Crippen LogP contribution in [-0.2, 0) is 19.5 Å². The number of imidazole rings is 2. The van der Waals surface area contributed by atoms with E-state index in [0.717, 1.165) is 89.9 Å². The number of rotatable bonds is 14. The molecule has 2 aromatic heterocycles. The van der Waals surface area contributed by atoms with Crippen molar-refractivity contribution in [3.05, 3.63) is 102 Å². The largest absolute Gasteiger partial charge is 0.491 e. The molecule has 0 spiro atoms. The fourth-order valence-corrected chi connectivity index (χ4v) is 5.26. The highest BCUT2D eigenvalue weighted by Gasteiger charge is 2.18. The predicted molar refractivity (Wildman–Crippen MR) is 166 cm³/mol. The van der Waals surface area contributed by atoms with Crippen molar-refractivity contribution in [1.82, 2.24) is 19.1 Å². The normalized spacial score (nSPS) is 11.0. The molecule has 0 aliphatic rings. The van der Waals surface area contributed by atoms with Crippen molar-refractivity contribution >= 4 is 17.0 Å². The Morgan fingerprint density at radius 1 is 0.976 bits per heavy atom. The highest BCUT2D eigenvalue weighted by Crippen LogP contribution is 2.32. The van der Waals surface area contributed by atoms with E-state index in [4.69, 9.17) is 9.72 Å². The SMILES string of the molecule is CCCCc1nc2c(C)ccc(OCCCCCn3ccnc3)c2n1Cc1ccc(-c2ccccc2C(=O)O)cc1.O. The minimum atomic E-state index is -0.920. The lowest BCUT2D eigenvalue weighted by Gasteiger charge is -2.14. The summed E-state index contributed by atoms with van der Waals surface area (Å²) in [5.74, 6) is 1.03. The van der Waals surface area contributed by atoms with Gasteiger partial charge in [-0.15, -0.1) is 0 Å². The van der Waals surface area contributed by atoms with E-state index in [1.54, 1.807) is 12.1 Å². The van der Waals surface area contributed by atoms with Crippen LogP contribution in [0.3, 0.4) is 0 Å². The number of carbonyl (C=O) groups is 1. The van der Waals surface area contributed by atoms with Crippen molar-refractivity contribution in [2.24, 2.45) is 0 Å². The number of aromatic nitrogens is 4. The summed E-state index contributed by atoms with van der Waals surface area (Å²) < 4.78 is 10.8. The Kier molecular flexibility index (Phi) is 10.5. The van der Waals surface area contributed by atoms with Crippen LogP contribution in [-0.4, -0.2) is 42.3 Å². The second kappa shape index (κ2) is 14.5. The fourth-order valence-electron chi connectivity index (χ4n) is 5.26. The maximum atomic E-state index is 11.7. The Morgan fingerprint density at radius 3 is 2.52 bits per heavy atom. The van der Waals surface area contributed by atoms with Gasteiger partial charge in [0.2, 0.25) is 0 Å². The number of aromatic carboxylic acids is 1. The van der Waals surface area contributed by atoms with E-state index < -0.39 is 5.97 Å². The number of ether oxygens (including phenoxy) is 1. The number of benzene rings is 3. The van der Waals surface area contributed by atoms with Gasteiger partial charge in [-0.05, 0) is 67.0 Å². The van der Waals surface area contributed by atoms with Crippen LogP contribution in [0.5, 0.6) is 5.75 Å². The maximum Gasteiger partial charge on any atom is 0.336 e. The third-order valence-electron chi connectivity index (χ3n) is 7.53. The number of aryl methyl sites for hydroxylation is 3. The van der Waals surface area contributed by atoms with Gasteiger partial charge in [-0.3, -0.25) is 0 Å². The van der Waals surface area contributed by atoms with E-state index in [2.05, 4.69) is 52.2 Å². The molecule has 0 saturated carbocycles. The van der Waals surface area contributed by atoms with Gasteiger partial charge in [0.15, 0.2) is 0 Å². The van der Waals surface area contributed by atoms with Crippen LogP contribution in [0.15, 0.2) is 79.4 Å². The molecular weight excluding hydrogens is 528 g/mol. The first-order valence-corrected chi connectivity index (χ1v) is 14.5. The summed E-state index contributed by atoms with van der Waals surface area (Å²) in [5, 5.41) is 9.62.